The maximum Gasteiger partial charge on any atom is 0.309 e. The van der Waals surface area contributed by atoms with Gasteiger partial charge in [-0.1, -0.05) is 6.07 Å². The zero-order chi connectivity index (χ0) is 13.4. The van der Waals surface area contributed by atoms with Crippen LogP contribution in [0.1, 0.15) is 11.4 Å². The van der Waals surface area contributed by atoms with Gasteiger partial charge in [-0.3, -0.25) is 14.2 Å². The van der Waals surface area contributed by atoms with Crippen molar-refractivity contribution in [2.24, 2.45) is 0 Å². The summed E-state index contributed by atoms with van der Waals surface area (Å²) in [6.45, 7) is 1.83. The highest BCUT2D eigenvalue weighted by molar-refractivity contribution is 7.15. The topological polar surface area (TPSA) is 67.5 Å². The third kappa shape index (κ3) is 2.00. The number of thiazole rings is 1. The third-order valence-corrected chi connectivity index (χ3v) is 3.73. The van der Waals surface area contributed by atoms with Gasteiger partial charge in [-0.15, -0.1) is 11.3 Å². The second kappa shape index (κ2) is 4.47. The molecule has 19 heavy (non-hydrogen) atoms. The number of nitrogens with zero attached hydrogens (tertiary/aromatic N) is 3. The van der Waals surface area contributed by atoms with E-state index >= 15 is 0 Å². The van der Waals surface area contributed by atoms with Crippen LogP contribution in [0.2, 0.25) is 0 Å². The van der Waals surface area contributed by atoms with Crippen LogP contribution >= 0.6 is 11.3 Å². The Bertz CT molecular complexity index is 746. The molecule has 0 aromatic carbocycles. The van der Waals surface area contributed by atoms with E-state index in [9.17, 15) is 4.79 Å². The Morgan fingerprint density at radius 3 is 3.00 bits per heavy atom. The Morgan fingerprint density at radius 1 is 1.47 bits per heavy atom. The van der Waals surface area contributed by atoms with Crippen LogP contribution in [0.15, 0.2) is 29.8 Å². The average molecular weight is 273 g/mol. The molecule has 1 N–H and O–H groups in total. The van der Waals surface area contributed by atoms with Crippen molar-refractivity contribution >= 4 is 22.3 Å². The van der Waals surface area contributed by atoms with Gasteiger partial charge in [-0.05, 0) is 19.1 Å². The van der Waals surface area contributed by atoms with Gasteiger partial charge in [-0.2, -0.15) is 0 Å². The summed E-state index contributed by atoms with van der Waals surface area (Å²) in [5.41, 5.74) is 3.17. The van der Waals surface area contributed by atoms with E-state index in [2.05, 4.69) is 9.97 Å². The number of hydrogen-bond donors (Lipinski definition) is 1. The first-order valence-corrected chi connectivity index (χ1v) is 6.63. The molecule has 0 bridgehead atoms. The predicted octanol–water partition coefficient (Wildman–Crippen LogP) is 2.39. The summed E-state index contributed by atoms with van der Waals surface area (Å²) in [4.78, 5) is 20.5. The quantitative estimate of drug-likeness (QED) is 0.795. The van der Waals surface area contributed by atoms with Crippen molar-refractivity contribution in [1.82, 2.24) is 14.4 Å². The van der Waals surface area contributed by atoms with Gasteiger partial charge in [-0.25, -0.2) is 4.98 Å². The third-order valence-electron chi connectivity index (χ3n) is 2.91. The first-order chi connectivity index (χ1) is 9.16. The second-order valence-electron chi connectivity index (χ2n) is 4.17. The van der Waals surface area contributed by atoms with E-state index in [1.807, 2.05) is 34.9 Å². The van der Waals surface area contributed by atoms with Crippen LogP contribution in [0.5, 0.6) is 0 Å². The molecule has 3 heterocycles. The lowest BCUT2D eigenvalue weighted by Gasteiger charge is -2.02. The molecular formula is C13H11N3O2S. The number of aromatic nitrogens is 3. The van der Waals surface area contributed by atoms with E-state index in [0.29, 0.717) is 5.69 Å². The van der Waals surface area contributed by atoms with Gasteiger partial charge in [0.15, 0.2) is 4.96 Å². The molecule has 0 fully saturated rings. The standard InChI is InChI=1S/C13H11N3O2S/c1-8-10(6-12(17)18)16-11(7-19-13(16)15-8)9-4-2-3-5-14-9/h2-5,7H,6H2,1H3,(H,17,18). The zero-order valence-corrected chi connectivity index (χ0v) is 11.0. The van der Waals surface area contributed by atoms with Crippen LogP contribution in [0.3, 0.4) is 0 Å². The van der Waals surface area contributed by atoms with Crippen molar-refractivity contribution in [2.75, 3.05) is 0 Å². The van der Waals surface area contributed by atoms with E-state index in [1.165, 1.54) is 11.3 Å². The molecule has 3 aromatic heterocycles. The summed E-state index contributed by atoms with van der Waals surface area (Å²) in [5, 5.41) is 11.0. The molecule has 0 amide bonds. The molecule has 0 radical (unpaired) electrons. The highest BCUT2D eigenvalue weighted by Crippen LogP contribution is 2.27. The smallest absolute Gasteiger partial charge is 0.309 e. The van der Waals surface area contributed by atoms with E-state index in [1.54, 1.807) is 6.20 Å². The number of fused-ring (bicyclic) bond motifs is 1. The first kappa shape index (κ1) is 11.9. The molecule has 3 aromatic rings. The summed E-state index contributed by atoms with van der Waals surface area (Å²) in [6, 6.07) is 5.66. The van der Waals surface area contributed by atoms with Gasteiger partial charge in [0.05, 0.1) is 29.2 Å². The van der Waals surface area contributed by atoms with E-state index in [4.69, 9.17) is 5.11 Å². The number of carboxylic acids is 1. The van der Waals surface area contributed by atoms with Crippen molar-refractivity contribution in [3.8, 4) is 11.4 Å². The zero-order valence-electron chi connectivity index (χ0n) is 10.2. The molecule has 0 unspecified atom stereocenters. The molecule has 3 rings (SSSR count). The van der Waals surface area contributed by atoms with Crippen LogP contribution < -0.4 is 0 Å². The highest BCUT2D eigenvalue weighted by Gasteiger charge is 2.17. The molecule has 0 spiro atoms. The molecule has 0 saturated heterocycles. The van der Waals surface area contributed by atoms with Gasteiger partial charge in [0, 0.05) is 11.6 Å². The number of imidazole rings is 1. The Kier molecular flexibility index (Phi) is 2.79. The molecule has 0 aliphatic carbocycles. The Balaban J connectivity index is 2.24. The predicted molar refractivity (Wildman–Crippen MR) is 72.4 cm³/mol. The summed E-state index contributed by atoms with van der Waals surface area (Å²) >= 11 is 1.49. The maximum atomic E-state index is 11.0. The minimum absolute atomic E-state index is 0.0381. The maximum absolute atomic E-state index is 11.0. The Hall–Kier alpha value is -2.21. The molecule has 0 aliphatic rings. The number of aryl methyl sites for hydroxylation is 1. The molecule has 0 atom stereocenters. The fraction of sp³-hybridized carbons (Fsp3) is 0.154. The Labute approximate surface area is 113 Å². The molecule has 96 valence electrons. The van der Waals surface area contributed by atoms with Crippen molar-refractivity contribution in [3.63, 3.8) is 0 Å². The summed E-state index contributed by atoms with van der Waals surface area (Å²) < 4.78 is 1.89. The fourth-order valence-electron chi connectivity index (χ4n) is 2.06. The SMILES string of the molecule is Cc1nc2scc(-c3ccccn3)n2c1CC(=O)O. The second-order valence-corrected chi connectivity index (χ2v) is 5.00. The van der Waals surface area contributed by atoms with Crippen LogP contribution in [-0.2, 0) is 11.2 Å². The van der Waals surface area contributed by atoms with Gasteiger partial charge >= 0.3 is 5.97 Å². The molecule has 5 nitrogen and oxygen atoms in total. The molecule has 0 saturated carbocycles. The first-order valence-electron chi connectivity index (χ1n) is 5.75. The van der Waals surface area contributed by atoms with Crippen LogP contribution in [0.4, 0.5) is 0 Å². The minimum atomic E-state index is -0.858. The molecule has 6 heteroatoms. The lowest BCUT2D eigenvalue weighted by molar-refractivity contribution is -0.136. The van der Waals surface area contributed by atoms with Gasteiger partial charge in [0.2, 0.25) is 0 Å². The number of pyridine rings is 1. The van der Waals surface area contributed by atoms with Gasteiger partial charge in [0.25, 0.3) is 0 Å². The van der Waals surface area contributed by atoms with Crippen LogP contribution in [-0.4, -0.2) is 25.4 Å². The van der Waals surface area contributed by atoms with Crippen molar-refractivity contribution < 1.29 is 9.90 Å². The lowest BCUT2D eigenvalue weighted by Crippen LogP contribution is -2.05. The number of carbonyl (C=O) groups is 1. The highest BCUT2D eigenvalue weighted by atomic mass is 32.1. The lowest BCUT2D eigenvalue weighted by atomic mass is 10.2. The van der Waals surface area contributed by atoms with Crippen molar-refractivity contribution in [2.45, 2.75) is 13.3 Å². The van der Waals surface area contributed by atoms with Crippen molar-refractivity contribution in [1.29, 1.82) is 0 Å². The molecule has 0 aliphatic heterocycles. The van der Waals surface area contributed by atoms with Crippen LogP contribution in [0, 0.1) is 6.92 Å². The fourth-order valence-corrected chi connectivity index (χ4v) is 3.01. The van der Waals surface area contributed by atoms with Crippen LogP contribution in [0.25, 0.3) is 16.3 Å². The summed E-state index contributed by atoms with van der Waals surface area (Å²) in [5.74, 6) is -0.858. The van der Waals surface area contributed by atoms with Gasteiger partial charge < -0.3 is 5.11 Å². The van der Waals surface area contributed by atoms with E-state index < -0.39 is 5.97 Å². The monoisotopic (exact) mass is 273 g/mol. The van der Waals surface area contributed by atoms with E-state index in [0.717, 1.165) is 22.0 Å². The normalized spacial score (nSPS) is 11.0. The molecular weight excluding hydrogens is 262 g/mol. The largest absolute Gasteiger partial charge is 0.481 e. The van der Waals surface area contributed by atoms with Crippen molar-refractivity contribution in [3.05, 3.63) is 41.2 Å². The van der Waals surface area contributed by atoms with Gasteiger partial charge in [0.1, 0.15) is 0 Å². The summed E-state index contributed by atoms with van der Waals surface area (Å²) in [6.07, 6.45) is 1.68. The Morgan fingerprint density at radius 2 is 2.32 bits per heavy atom. The summed E-state index contributed by atoms with van der Waals surface area (Å²) in [7, 11) is 0. The minimum Gasteiger partial charge on any atom is -0.481 e. The number of aliphatic carboxylic acids is 1. The number of hydrogen-bond acceptors (Lipinski definition) is 4. The average Bonchev–Trinajstić information content (AvgIpc) is 2.91. The number of rotatable bonds is 3. The van der Waals surface area contributed by atoms with E-state index in [-0.39, 0.29) is 6.42 Å². The number of carboxylic acid groups (broad SMARTS) is 1.